The second-order valence-corrected chi connectivity index (χ2v) is 9.77. The number of aromatic nitrogens is 3. The number of aromatic amines is 1. The molecule has 4 aromatic carbocycles. The van der Waals surface area contributed by atoms with E-state index in [1.54, 1.807) is 24.3 Å². The third-order valence-electron chi connectivity index (χ3n) is 6.83. The maximum Gasteiger partial charge on any atom is 0.260 e. The van der Waals surface area contributed by atoms with E-state index in [0.717, 1.165) is 45.1 Å². The zero-order chi connectivity index (χ0) is 26.9. The Morgan fingerprint density at radius 1 is 0.923 bits per heavy atom. The molecule has 0 unspecified atom stereocenters. The monoisotopic (exact) mass is 529 g/mol. The molecular weight excluding hydrogens is 506 g/mol. The summed E-state index contributed by atoms with van der Waals surface area (Å²) in [7, 11) is 0. The number of allylic oxidation sites excluding steroid dienone is 1. The van der Waals surface area contributed by atoms with Gasteiger partial charge in [0.15, 0.2) is 5.78 Å². The van der Waals surface area contributed by atoms with Gasteiger partial charge in [-0.05, 0) is 65.6 Å². The van der Waals surface area contributed by atoms with E-state index < -0.39 is 5.56 Å². The topological polar surface area (TPSA) is 67.8 Å². The van der Waals surface area contributed by atoms with E-state index in [0.29, 0.717) is 16.1 Å². The minimum atomic E-state index is -0.435. The number of H-pyrrole nitrogens is 1. The van der Waals surface area contributed by atoms with Gasteiger partial charge in [0.05, 0.1) is 11.1 Å². The van der Waals surface area contributed by atoms with Crippen LogP contribution < -0.4 is 5.56 Å². The Balaban J connectivity index is 1.33. The Morgan fingerprint density at radius 2 is 1.69 bits per heavy atom. The zero-order valence-electron chi connectivity index (χ0n) is 21.2. The first kappa shape index (κ1) is 24.6. The number of rotatable bonds is 6. The summed E-state index contributed by atoms with van der Waals surface area (Å²) in [5, 5.41) is 6.89. The van der Waals surface area contributed by atoms with Crippen molar-refractivity contribution in [3.8, 4) is 22.3 Å². The maximum absolute atomic E-state index is 13.5. The minimum Gasteiger partial charge on any atom is -0.321 e. The molecule has 1 N–H and O–H groups in total. The van der Waals surface area contributed by atoms with Crippen molar-refractivity contribution in [1.82, 2.24) is 14.8 Å². The van der Waals surface area contributed by atoms with Gasteiger partial charge >= 0.3 is 0 Å². The van der Waals surface area contributed by atoms with Crippen molar-refractivity contribution in [2.45, 2.75) is 13.5 Å². The molecular formula is C33H24ClN3O2. The summed E-state index contributed by atoms with van der Waals surface area (Å²) >= 11 is 6.29. The molecule has 0 saturated heterocycles. The lowest BCUT2D eigenvalue weighted by Gasteiger charge is -2.11. The van der Waals surface area contributed by atoms with Gasteiger partial charge in [-0.15, -0.1) is 0 Å². The molecule has 0 fully saturated rings. The molecule has 0 aliphatic rings. The molecule has 0 atom stereocenters. The third kappa shape index (κ3) is 4.80. The zero-order valence-corrected chi connectivity index (χ0v) is 21.9. The number of hydrogen-bond donors (Lipinski definition) is 1. The Hall–Kier alpha value is -4.74. The Kier molecular flexibility index (Phi) is 6.43. The van der Waals surface area contributed by atoms with Crippen LogP contribution in [-0.2, 0) is 6.54 Å². The first-order valence-corrected chi connectivity index (χ1v) is 13.1. The number of pyridine rings is 1. The van der Waals surface area contributed by atoms with Crippen molar-refractivity contribution in [1.29, 1.82) is 0 Å². The Bertz CT molecular complexity index is 1930. The fourth-order valence-corrected chi connectivity index (χ4v) is 5.04. The lowest BCUT2D eigenvalue weighted by atomic mass is 9.94. The van der Waals surface area contributed by atoms with Crippen molar-refractivity contribution < 1.29 is 4.79 Å². The van der Waals surface area contributed by atoms with Crippen LogP contribution in [0.25, 0.3) is 50.1 Å². The van der Waals surface area contributed by atoms with Crippen LogP contribution in [0.2, 0.25) is 5.02 Å². The van der Waals surface area contributed by atoms with Crippen molar-refractivity contribution in [2.75, 3.05) is 0 Å². The van der Waals surface area contributed by atoms with Crippen LogP contribution in [0.1, 0.15) is 22.8 Å². The molecule has 5 nitrogen and oxygen atoms in total. The second kappa shape index (κ2) is 10.2. The van der Waals surface area contributed by atoms with Gasteiger partial charge in [-0.1, -0.05) is 78.3 Å². The van der Waals surface area contributed by atoms with Crippen LogP contribution in [0.15, 0.2) is 108 Å². The van der Waals surface area contributed by atoms with Gasteiger partial charge in [-0.2, -0.15) is 5.10 Å². The van der Waals surface area contributed by atoms with Crippen molar-refractivity contribution in [3.05, 3.63) is 130 Å². The number of fused-ring (bicyclic) bond motifs is 2. The molecule has 190 valence electrons. The lowest BCUT2D eigenvalue weighted by molar-refractivity contribution is 0.104. The fraction of sp³-hybridized carbons (Fsp3) is 0.0606. The van der Waals surface area contributed by atoms with Gasteiger partial charge in [0.2, 0.25) is 0 Å². The summed E-state index contributed by atoms with van der Waals surface area (Å²) in [6.07, 6.45) is 5.23. The molecule has 6 rings (SSSR count). The van der Waals surface area contributed by atoms with Crippen LogP contribution in [0.3, 0.4) is 0 Å². The van der Waals surface area contributed by atoms with E-state index in [4.69, 9.17) is 11.6 Å². The molecule has 6 aromatic rings. The number of hydrogen-bond acceptors (Lipinski definition) is 3. The van der Waals surface area contributed by atoms with Crippen molar-refractivity contribution in [2.24, 2.45) is 0 Å². The van der Waals surface area contributed by atoms with Crippen LogP contribution in [-0.4, -0.2) is 20.5 Å². The third-order valence-corrected chi connectivity index (χ3v) is 7.07. The standard InChI is InChI=1S/C33H24ClN3O2/c1-2-37-20-25-18-24(13-15-28(25)36-37)22-11-8-21(9-12-22)10-17-30(38)32-31(23-6-4-3-5-7-23)27-19-26(34)14-16-29(27)35-33(32)39/h3-20H,2H2,1H3,(H,35,39)/b17-10+. The summed E-state index contributed by atoms with van der Waals surface area (Å²) < 4.78 is 1.93. The summed E-state index contributed by atoms with van der Waals surface area (Å²) in [4.78, 5) is 29.4. The molecule has 39 heavy (non-hydrogen) atoms. The number of aryl methyl sites for hydroxylation is 1. The average Bonchev–Trinajstić information content (AvgIpc) is 3.39. The van der Waals surface area contributed by atoms with Crippen LogP contribution in [0.5, 0.6) is 0 Å². The molecule has 2 heterocycles. The van der Waals surface area contributed by atoms with Gasteiger partial charge in [-0.3, -0.25) is 14.3 Å². The number of nitrogens with one attached hydrogen (secondary N) is 1. The summed E-state index contributed by atoms with van der Waals surface area (Å²) in [6, 6.07) is 28.9. The molecule has 0 spiro atoms. The predicted molar refractivity (Wildman–Crippen MR) is 159 cm³/mol. The largest absolute Gasteiger partial charge is 0.321 e. The fourth-order valence-electron chi connectivity index (χ4n) is 4.87. The van der Waals surface area contributed by atoms with Gasteiger partial charge in [0.25, 0.3) is 5.56 Å². The SMILES string of the molecule is CCn1cc2cc(-c3ccc(/C=C/C(=O)c4c(-c5ccccc5)c5cc(Cl)ccc5[nH]c4=O)cc3)ccc2n1. The van der Waals surface area contributed by atoms with Gasteiger partial charge in [0.1, 0.15) is 0 Å². The first-order valence-electron chi connectivity index (χ1n) is 12.7. The normalized spacial score (nSPS) is 11.5. The van der Waals surface area contributed by atoms with Gasteiger partial charge in [-0.25, -0.2) is 0 Å². The van der Waals surface area contributed by atoms with Crippen LogP contribution in [0, 0.1) is 0 Å². The van der Waals surface area contributed by atoms with E-state index in [1.807, 2.05) is 71.5 Å². The highest BCUT2D eigenvalue weighted by Crippen LogP contribution is 2.32. The number of carbonyl (C=O) groups excluding carboxylic acids is 1. The van der Waals surface area contributed by atoms with Crippen LogP contribution >= 0.6 is 11.6 Å². The first-order chi connectivity index (χ1) is 19.0. The number of carbonyl (C=O) groups is 1. The smallest absolute Gasteiger partial charge is 0.260 e. The highest BCUT2D eigenvalue weighted by atomic mass is 35.5. The number of nitrogens with zero attached hydrogens (tertiary/aromatic N) is 2. The average molecular weight is 530 g/mol. The number of halogens is 1. The quantitative estimate of drug-likeness (QED) is 0.177. The minimum absolute atomic E-state index is 0.0877. The lowest BCUT2D eigenvalue weighted by Crippen LogP contribution is -2.18. The van der Waals surface area contributed by atoms with E-state index in [1.165, 1.54) is 6.08 Å². The van der Waals surface area contributed by atoms with E-state index in [-0.39, 0.29) is 11.3 Å². The molecule has 0 bridgehead atoms. The molecule has 2 aromatic heterocycles. The predicted octanol–water partition coefficient (Wildman–Crippen LogP) is 7.78. The molecule has 6 heteroatoms. The Labute approximate surface area is 230 Å². The highest BCUT2D eigenvalue weighted by Gasteiger charge is 2.19. The van der Waals surface area contributed by atoms with Crippen LogP contribution in [0.4, 0.5) is 0 Å². The molecule has 0 radical (unpaired) electrons. The summed E-state index contributed by atoms with van der Waals surface area (Å²) in [5.41, 5.74) is 5.62. The summed E-state index contributed by atoms with van der Waals surface area (Å²) in [5.74, 6) is -0.376. The van der Waals surface area contributed by atoms with Gasteiger partial charge in [0, 0.05) is 39.6 Å². The number of benzene rings is 4. The molecule has 0 saturated carbocycles. The Morgan fingerprint density at radius 3 is 2.46 bits per heavy atom. The highest BCUT2D eigenvalue weighted by molar-refractivity contribution is 6.31. The summed E-state index contributed by atoms with van der Waals surface area (Å²) in [6.45, 7) is 2.90. The van der Waals surface area contributed by atoms with E-state index in [9.17, 15) is 9.59 Å². The molecule has 0 aliphatic heterocycles. The van der Waals surface area contributed by atoms with Crippen molar-refractivity contribution in [3.63, 3.8) is 0 Å². The second-order valence-electron chi connectivity index (χ2n) is 9.34. The van der Waals surface area contributed by atoms with E-state index in [2.05, 4.69) is 29.1 Å². The molecule has 0 aliphatic carbocycles. The van der Waals surface area contributed by atoms with E-state index >= 15 is 0 Å². The van der Waals surface area contributed by atoms with Gasteiger partial charge < -0.3 is 4.98 Å². The molecule has 0 amide bonds. The van der Waals surface area contributed by atoms with Crippen molar-refractivity contribution >= 4 is 45.3 Å². The maximum atomic E-state index is 13.5. The number of ketones is 1.